The summed E-state index contributed by atoms with van der Waals surface area (Å²) in [5, 5.41) is 20.0. The lowest BCUT2D eigenvalue weighted by Gasteiger charge is -2.19. The number of aromatic nitrogens is 3. The number of carbonyl (C=O) groups excluding carboxylic acids is 1. The SMILES string of the molecule is Cn1cc(-c2ccc(NC(=O)[C@H](NCCc3ccc(C#N)cc3)c3ccc(Cl)cc3)nc2)cn1. The lowest BCUT2D eigenvalue weighted by Crippen LogP contribution is -2.34. The number of anilines is 1. The number of nitrogens with one attached hydrogen (secondary N) is 2. The number of nitrogens with zero attached hydrogens (tertiary/aromatic N) is 4. The van der Waals surface area contributed by atoms with Gasteiger partial charge in [0.05, 0.1) is 17.8 Å². The summed E-state index contributed by atoms with van der Waals surface area (Å²) in [7, 11) is 1.86. The van der Waals surface area contributed by atoms with Gasteiger partial charge >= 0.3 is 0 Å². The second kappa shape index (κ2) is 10.8. The largest absolute Gasteiger partial charge is 0.309 e. The predicted octanol–water partition coefficient (Wildman–Crippen LogP) is 4.52. The fourth-order valence-corrected chi connectivity index (χ4v) is 3.66. The molecule has 0 bridgehead atoms. The summed E-state index contributed by atoms with van der Waals surface area (Å²) < 4.78 is 1.73. The van der Waals surface area contributed by atoms with E-state index in [1.54, 1.807) is 47.4 Å². The summed E-state index contributed by atoms with van der Waals surface area (Å²) in [5.74, 6) is 0.245. The van der Waals surface area contributed by atoms with Crippen LogP contribution >= 0.6 is 11.6 Å². The van der Waals surface area contributed by atoms with Gasteiger partial charge in [0.15, 0.2) is 0 Å². The Bertz CT molecular complexity index is 1290. The molecule has 4 rings (SSSR count). The summed E-state index contributed by atoms with van der Waals surface area (Å²) in [6.45, 7) is 0.569. The van der Waals surface area contributed by atoms with Gasteiger partial charge < -0.3 is 10.6 Å². The molecule has 7 nitrogen and oxygen atoms in total. The summed E-state index contributed by atoms with van der Waals surface area (Å²) in [6.07, 6.45) is 6.09. The van der Waals surface area contributed by atoms with Crippen LogP contribution in [-0.2, 0) is 18.3 Å². The Morgan fingerprint density at radius 3 is 2.44 bits per heavy atom. The van der Waals surface area contributed by atoms with Crippen molar-refractivity contribution in [1.82, 2.24) is 20.1 Å². The van der Waals surface area contributed by atoms with Gasteiger partial charge in [0.25, 0.3) is 0 Å². The fourth-order valence-electron chi connectivity index (χ4n) is 3.53. The van der Waals surface area contributed by atoms with E-state index in [1.807, 2.05) is 43.6 Å². The van der Waals surface area contributed by atoms with E-state index in [2.05, 4.69) is 26.8 Å². The summed E-state index contributed by atoms with van der Waals surface area (Å²) in [5.41, 5.74) is 4.37. The number of benzene rings is 2. The zero-order valence-electron chi connectivity index (χ0n) is 18.6. The van der Waals surface area contributed by atoms with E-state index < -0.39 is 6.04 Å². The highest BCUT2D eigenvalue weighted by atomic mass is 35.5. The van der Waals surface area contributed by atoms with Gasteiger partial charge in [-0.05, 0) is 53.9 Å². The van der Waals surface area contributed by atoms with Gasteiger partial charge in [-0.1, -0.05) is 35.9 Å². The molecule has 8 heteroatoms. The van der Waals surface area contributed by atoms with Crippen LogP contribution in [0.3, 0.4) is 0 Å². The quantitative estimate of drug-likeness (QED) is 0.394. The molecule has 34 heavy (non-hydrogen) atoms. The molecule has 2 heterocycles. The van der Waals surface area contributed by atoms with E-state index in [0.29, 0.717) is 29.4 Å². The van der Waals surface area contributed by atoms with E-state index >= 15 is 0 Å². The molecule has 1 atom stereocenters. The first-order valence-corrected chi connectivity index (χ1v) is 11.1. The molecule has 0 aliphatic rings. The van der Waals surface area contributed by atoms with E-state index in [0.717, 1.165) is 22.3 Å². The molecular formula is C26H23ClN6O. The molecule has 1 amide bonds. The molecule has 2 aromatic carbocycles. The summed E-state index contributed by atoms with van der Waals surface area (Å²) in [4.78, 5) is 17.6. The Labute approximate surface area is 203 Å². The van der Waals surface area contributed by atoms with Crippen LogP contribution in [0.4, 0.5) is 5.82 Å². The van der Waals surface area contributed by atoms with Crippen LogP contribution in [0.25, 0.3) is 11.1 Å². The number of carbonyl (C=O) groups is 1. The van der Waals surface area contributed by atoms with Crippen molar-refractivity contribution in [3.8, 4) is 17.2 Å². The van der Waals surface area contributed by atoms with Gasteiger partial charge in [-0.25, -0.2) is 4.98 Å². The molecule has 0 aliphatic heterocycles. The zero-order chi connectivity index (χ0) is 23.9. The third kappa shape index (κ3) is 5.87. The van der Waals surface area contributed by atoms with Crippen LogP contribution in [-0.4, -0.2) is 27.2 Å². The smallest absolute Gasteiger partial charge is 0.247 e. The Kier molecular flexibility index (Phi) is 7.33. The second-order valence-electron chi connectivity index (χ2n) is 7.82. The number of amides is 1. The molecule has 2 N–H and O–H groups in total. The topological polar surface area (TPSA) is 95.6 Å². The molecule has 0 spiro atoms. The molecule has 0 unspecified atom stereocenters. The minimum atomic E-state index is -0.588. The van der Waals surface area contributed by atoms with Crippen molar-refractivity contribution in [2.24, 2.45) is 7.05 Å². The Morgan fingerprint density at radius 2 is 1.82 bits per heavy atom. The molecule has 170 valence electrons. The van der Waals surface area contributed by atoms with Gasteiger partial charge in [0.2, 0.25) is 5.91 Å². The van der Waals surface area contributed by atoms with Gasteiger partial charge in [-0.15, -0.1) is 0 Å². The van der Waals surface area contributed by atoms with Crippen molar-refractivity contribution in [3.63, 3.8) is 0 Å². The molecule has 0 saturated carbocycles. The number of pyridine rings is 1. The number of rotatable bonds is 8. The molecule has 0 radical (unpaired) electrons. The predicted molar refractivity (Wildman–Crippen MR) is 132 cm³/mol. The van der Waals surface area contributed by atoms with Crippen molar-refractivity contribution >= 4 is 23.3 Å². The number of nitriles is 1. The molecule has 4 aromatic rings. The molecular weight excluding hydrogens is 448 g/mol. The molecule has 0 fully saturated rings. The monoisotopic (exact) mass is 470 g/mol. The minimum Gasteiger partial charge on any atom is -0.309 e. The van der Waals surface area contributed by atoms with Gasteiger partial charge in [0, 0.05) is 42.1 Å². The standard InChI is InChI=1S/C26H23ClN6O/c1-33-17-22(16-31-33)21-8-11-24(30-15-21)32-26(34)25(20-6-9-23(27)10-7-20)29-13-12-18-2-4-19(14-28)5-3-18/h2-11,15-17,25,29H,12-13H2,1H3,(H,30,32,34)/t25-/m1/s1. The van der Waals surface area contributed by atoms with Crippen molar-refractivity contribution < 1.29 is 4.79 Å². The van der Waals surface area contributed by atoms with E-state index in [1.165, 1.54) is 0 Å². The molecule has 0 saturated heterocycles. The third-order valence-electron chi connectivity index (χ3n) is 5.36. The van der Waals surface area contributed by atoms with Crippen LogP contribution in [0.2, 0.25) is 5.02 Å². The fraction of sp³-hybridized carbons (Fsp3) is 0.154. The van der Waals surface area contributed by atoms with Crippen LogP contribution in [0.15, 0.2) is 79.3 Å². The van der Waals surface area contributed by atoms with Crippen LogP contribution in [0.5, 0.6) is 0 Å². The highest BCUT2D eigenvalue weighted by molar-refractivity contribution is 6.30. The third-order valence-corrected chi connectivity index (χ3v) is 5.62. The number of hydrogen-bond donors (Lipinski definition) is 2. The normalized spacial score (nSPS) is 11.6. The Balaban J connectivity index is 1.44. The van der Waals surface area contributed by atoms with Crippen molar-refractivity contribution in [3.05, 3.63) is 101 Å². The van der Waals surface area contributed by atoms with E-state index in [9.17, 15) is 4.79 Å². The molecule has 2 aromatic heterocycles. The van der Waals surface area contributed by atoms with Gasteiger partial charge in [-0.3, -0.25) is 9.48 Å². The maximum absolute atomic E-state index is 13.2. The van der Waals surface area contributed by atoms with Crippen molar-refractivity contribution in [2.45, 2.75) is 12.5 Å². The summed E-state index contributed by atoms with van der Waals surface area (Å²) in [6, 6.07) is 19.8. The van der Waals surface area contributed by atoms with Crippen LogP contribution in [0.1, 0.15) is 22.7 Å². The van der Waals surface area contributed by atoms with Crippen molar-refractivity contribution in [1.29, 1.82) is 5.26 Å². The number of hydrogen-bond acceptors (Lipinski definition) is 5. The molecule has 0 aliphatic carbocycles. The highest BCUT2D eigenvalue weighted by Gasteiger charge is 2.20. The summed E-state index contributed by atoms with van der Waals surface area (Å²) >= 11 is 6.04. The first kappa shape index (κ1) is 23.2. The first-order valence-electron chi connectivity index (χ1n) is 10.8. The van der Waals surface area contributed by atoms with Gasteiger partial charge in [-0.2, -0.15) is 10.4 Å². The maximum Gasteiger partial charge on any atom is 0.247 e. The Morgan fingerprint density at radius 1 is 1.06 bits per heavy atom. The second-order valence-corrected chi connectivity index (χ2v) is 8.26. The lowest BCUT2D eigenvalue weighted by molar-refractivity contribution is -0.118. The van der Waals surface area contributed by atoms with Crippen LogP contribution in [0, 0.1) is 11.3 Å². The highest BCUT2D eigenvalue weighted by Crippen LogP contribution is 2.21. The average Bonchev–Trinajstić information content (AvgIpc) is 3.29. The Hall–Kier alpha value is -3.99. The number of halogens is 1. The average molecular weight is 471 g/mol. The maximum atomic E-state index is 13.2. The minimum absolute atomic E-state index is 0.219. The number of aryl methyl sites for hydroxylation is 1. The van der Waals surface area contributed by atoms with Crippen LogP contribution < -0.4 is 10.6 Å². The van der Waals surface area contributed by atoms with E-state index in [-0.39, 0.29) is 5.91 Å². The van der Waals surface area contributed by atoms with Crippen molar-refractivity contribution in [2.75, 3.05) is 11.9 Å². The van der Waals surface area contributed by atoms with Gasteiger partial charge in [0.1, 0.15) is 11.9 Å². The van der Waals surface area contributed by atoms with E-state index in [4.69, 9.17) is 16.9 Å². The lowest BCUT2D eigenvalue weighted by atomic mass is 10.0. The first-order chi connectivity index (χ1) is 16.5. The zero-order valence-corrected chi connectivity index (χ0v) is 19.3.